The summed E-state index contributed by atoms with van der Waals surface area (Å²) in [6.45, 7) is 6.34. The normalized spacial score (nSPS) is 13.7. The van der Waals surface area contributed by atoms with E-state index in [9.17, 15) is 14.0 Å². The third-order valence-corrected chi connectivity index (χ3v) is 6.37. The van der Waals surface area contributed by atoms with Crippen molar-refractivity contribution in [2.75, 3.05) is 27.4 Å². The molecule has 38 heavy (non-hydrogen) atoms. The van der Waals surface area contributed by atoms with Crippen LogP contribution in [0.25, 0.3) is 0 Å². The molecule has 10 heteroatoms. The molecular weight excluding hydrogens is 485 g/mol. The van der Waals surface area contributed by atoms with Crippen LogP contribution in [-0.2, 0) is 10.2 Å². The summed E-state index contributed by atoms with van der Waals surface area (Å²) in [7, 11) is 0. The molecule has 2 aromatic carbocycles. The first-order valence-corrected chi connectivity index (χ1v) is 12.1. The van der Waals surface area contributed by atoms with E-state index in [2.05, 4.69) is 30.9 Å². The summed E-state index contributed by atoms with van der Waals surface area (Å²) in [4.78, 5) is 39.4. The lowest BCUT2D eigenvalue weighted by Gasteiger charge is -2.18. The fourth-order valence-electron chi connectivity index (χ4n) is 4.34. The van der Waals surface area contributed by atoms with E-state index >= 15 is 0 Å². The molecule has 0 saturated heterocycles. The number of rotatable bonds is 7. The highest BCUT2D eigenvalue weighted by atomic mass is 19.1. The Balaban J connectivity index is 1.30. The molecule has 1 aliphatic rings. The first-order chi connectivity index (χ1) is 18.3. The van der Waals surface area contributed by atoms with Crippen molar-refractivity contribution in [1.82, 2.24) is 15.0 Å². The first kappa shape index (κ1) is 24.8. The second-order valence-corrected chi connectivity index (χ2v) is 9.29. The largest absolute Gasteiger partial charge is 0.338 e. The van der Waals surface area contributed by atoms with E-state index in [4.69, 9.17) is 0 Å². The Hall–Kier alpha value is -4.86. The number of fused-ring (bicyclic) bond motifs is 1. The van der Waals surface area contributed by atoms with Gasteiger partial charge in [0.1, 0.15) is 5.82 Å². The maximum Gasteiger partial charge on any atom is 0.256 e. The quantitative estimate of drug-likeness (QED) is 0.305. The molecule has 3 heterocycles. The van der Waals surface area contributed by atoms with Crippen molar-refractivity contribution >= 4 is 46.5 Å². The summed E-state index contributed by atoms with van der Waals surface area (Å²) in [6, 6.07) is 17.4. The lowest BCUT2D eigenvalue weighted by molar-refractivity contribution is -0.122. The molecule has 0 fully saturated rings. The minimum Gasteiger partial charge on any atom is -0.338 e. The van der Waals surface area contributed by atoms with Gasteiger partial charge in [-0.05, 0) is 80.9 Å². The van der Waals surface area contributed by atoms with Gasteiger partial charge in [-0.3, -0.25) is 9.59 Å². The second-order valence-electron chi connectivity index (χ2n) is 9.29. The minimum absolute atomic E-state index is 0.0259. The minimum atomic E-state index is -0.653. The maximum absolute atomic E-state index is 14.5. The van der Waals surface area contributed by atoms with Crippen molar-refractivity contribution in [2.45, 2.75) is 26.2 Å². The van der Waals surface area contributed by atoms with Crippen LogP contribution in [-0.4, -0.2) is 33.3 Å². The van der Waals surface area contributed by atoms with Crippen LogP contribution in [0.5, 0.6) is 0 Å². The number of hydrogen-bond acceptors (Lipinski definition) is 7. The number of aromatic nitrogens is 3. The van der Waals surface area contributed by atoms with Crippen molar-refractivity contribution in [2.24, 2.45) is 0 Å². The van der Waals surface area contributed by atoms with Gasteiger partial charge < -0.3 is 20.9 Å². The van der Waals surface area contributed by atoms with Crippen LogP contribution in [0.3, 0.4) is 0 Å². The van der Waals surface area contributed by atoms with E-state index in [0.717, 1.165) is 17.4 Å². The number of anilines is 6. The van der Waals surface area contributed by atoms with Crippen molar-refractivity contribution in [3.05, 3.63) is 90.0 Å². The number of nitrogens with zero attached hydrogens (tertiary/aromatic N) is 4. The van der Waals surface area contributed by atoms with Crippen molar-refractivity contribution in [1.29, 1.82) is 0 Å². The average Bonchev–Trinajstić information content (AvgIpc) is 3.11. The lowest BCUT2D eigenvalue weighted by atomic mass is 9.86. The molecular formula is C28H26FN7O2. The number of hydrogen-bond donors (Lipinski definition) is 3. The average molecular weight is 512 g/mol. The maximum atomic E-state index is 14.5. The molecule has 4 aromatic rings. The molecule has 0 atom stereocenters. The zero-order valence-electron chi connectivity index (χ0n) is 21.1. The van der Waals surface area contributed by atoms with Crippen LogP contribution in [0.2, 0.25) is 0 Å². The topological polar surface area (TPSA) is 112 Å². The molecule has 1 aliphatic heterocycles. The summed E-state index contributed by atoms with van der Waals surface area (Å²) in [5, 5.41) is 8.74. The zero-order valence-corrected chi connectivity index (χ0v) is 21.1. The first-order valence-electron chi connectivity index (χ1n) is 12.1. The third kappa shape index (κ3) is 4.75. The van der Waals surface area contributed by atoms with Crippen LogP contribution < -0.4 is 20.9 Å². The summed E-state index contributed by atoms with van der Waals surface area (Å²) in [5.74, 6) is -0.277. The molecule has 2 amide bonds. The van der Waals surface area contributed by atoms with Crippen molar-refractivity contribution in [3.8, 4) is 0 Å². The molecule has 3 N–H and O–H groups in total. The van der Waals surface area contributed by atoms with Gasteiger partial charge in [0, 0.05) is 35.4 Å². The predicted octanol–water partition coefficient (Wildman–Crippen LogP) is 5.39. The van der Waals surface area contributed by atoms with Crippen molar-refractivity contribution in [3.63, 3.8) is 0 Å². The number of amides is 2. The Kier molecular flexibility index (Phi) is 6.46. The highest BCUT2D eigenvalue weighted by Crippen LogP contribution is 2.42. The molecule has 9 nitrogen and oxygen atoms in total. The molecule has 5 rings (SSSR count). The Labute approximate surface area is 219 Å². The second kappa shape index (κ2) is 9.89. The fraction of sp³-hybridized carbons (Fsp3) is 0.179. The van der Waals surface area contributed by atoms with E-state index < -0.39 is 11.2 Å². The van der Waals surface area contributed by atoms with E-state index in [1.54, 1.807) is 53.6 Å². The van der Waals surface area contributed by atoms with Crippen LogP contribution in [0.4, 0.5) is 39.0 Å². The Morgan fingerprint density at radius 2 is 1.76 bits per heavy atom. The standard InChI is InChI=1S/C28H26FN7O2/c1-4-36-22-13-12-19(15-20(22)28(2,3)26(36)38)33-27-31-16-21(29)24(35-27)32-18-10-8-17(9-11-18)25(37)34-23-7-5-6-14-30-23/h5-16H,4H2,1-3H3,(H,30,34,37)(H2,31,32,33,35). The number of carbonyl (C=O) groups excluding carboxylic acids is 2. The summed E-state index contributed by atoms with van der Waals surface area (Å²) in [5.41, 5.74) is 2.78. The molecule has 0 radical (unpaired) electrons. The van der Waals surface area contributed by atoms with Gasteiger partial charge in [-0.1, -0.05) is 6.07 Å². The number of carbonyl (C=O) groups is 2. The zero-order chi connectivity index (χ0) is 26.9. The van der Waals surface area contributed by atoms with E-state index in [-0.39, 0.29) is 23.6 Å². The molecule has 0 spiro atoms. The van der Waals surface area contributed by atoms with Crippen molar-refractivity contribution < 1.29 is 14.0 Å². The van der Waals surface area contributed by atoms with Gasteiger partial charge in [-0.2, -0.15) is 4.98 Å². The van der Waals surface area contributed by atoms with Gasteiger partial charge in [0.15, 0.2) is 11.6 Å². The SMILES string of the molecule is CCN1C(=O)C(C)(C)c2cc(Nc3ncc(F)c(Nc4ccc(C(=O)Nc5ccccn5)cc4)n3)ccc21. The molecule has 0 unspecified atom stereocenters. The van der Waals surface area contributed by atoms with Gasteiger partial charge in [-0.25, -0.2) is 14.4 Å². The summed E-state index contributed by atoms with van der Waals surface area (Å²) >= 11 is 0. The number of halogens is 1. The Morgan fingerprint density at radius 1 is 1.00 bits per heavy atom. The number of likely N-dealkylation sites (N-methyl/N-ethyl adjacent to an activating group) is 1. The number of nitrogens with one attached hydrogen (secondary N) is 3. The monoisotopic (exact) mass is 511 g/mol. The van der Waals surface area contributed by atoms with E-state index in [1.165, 1.54) is 0 Å². The highest BCUT2D eigenvalue weighted by Gasteiger charge is 2.43. The third-order valence-electron chi connectivity index (χ3n) is 6.37. The highest BCUT2D eigenvalue weighted by molar-refractivity contribution is 6.08. The van der Waals surface area contributed by atoms with Gasteiger partial charge >= 0.3 is 0 Å². The fourth-order valence-corrected chi connectivity index (χ4v) is 4.34. The Morgan fingerprint density at radius 3 is 2.47 bits per heavy atom. The van der Waals surface area contributed by atoms with Crippen LogP contribution >= 0.6 is 0 Å². The van der Waals surface area contributed by atoms with E-state index in [0.29, 0.717) is 29.3 Å². The number of pyridine rings is 1. The van der Waals surface area contributed by atoms with Gasteiger partial charge in [0.05, 0.1) is 11.6 Å². The van der Waals surface area contributed by atoms with Gasteiger partial charge in [-0.15, -0.1) is 0 Å². The Bertz CT molecular complexity index is 1510. The van der Waals surface area contributed by atoms with Crippen LogP contribution in [0.1, 0.15) is 36.7 Å². The predicted molar refractivity (Wildman–Crippen MR) is 145 cm³/mol. The molecule has 0 saturated carbocycles. The van der Waals surface area contributed by atoms with Gasteiger partial charge in [0.25, 0.3) is 5.91 Å². The molecule has 0 bridgehead atoms. The smallest absolute Gasteiger partial charge is 0.256 e. The molecule has 192 valence electrons. The molecule has 2 aromatic heterocycles. The summed E-state index contributed by atoms with van der Waals surface area (Å²) in [6.07, 6.45) is 2.67. The lowest BCUT2D eigenvalue weighted by Crippen LogP contribution is -2.35. The van der Waals surface area contributed by atoms with Gasteiger partial charge in [0.2, 0.25) is 11.9 Å². The van der Waals surface area contributed by atoms with Crippen LogP contribution in [0.15, 0.2) is 73.1 Å². The molecule has 0 aliphatic carbocycles. The summed E-state index contributed by atoms with van der Waals surface area (Å²) < 4.78 is 14.5. The van der Waals surface area contributed by atoms with Crippen LogP contribution in [0, 0.1) is 5.82 Å². The van der Waals surface area contributed by atoms with E-state index in [1.807, 2.05) is 39.0 Å². The number of benzene rings is 2.